The minimum atomic E-state index is -0.534. The summed E-state index contributed by atoms with van der Waals surface area (Å²) in [4.78, 5) is 0. The maximum atomic E-state index is 5.65. The summed E-state index contributed by atoms with van der Waals surface area (Å²) in [7, 11) is 0. The summed E-state index contributed by atoms with van der Waals surface area (Å²) in [6, 6.07) is 6.01. The zero-order chi connectivity index (χ0) is 10.3. The molecule has 1 fully saturated rings. The van der Waals surface area contributed by atoms with Crippen LogP contribution in [0.15, 0.2) is 22.7 Å². The van der Waals surface area contributed by atoms with Crippen molar-refractivity contribution in [3.05, 3.63) is 28.2 Å². The van der Waals surface area contributed by atoms with Gasteiger partial charge in [-0.25, -0.2) is 0 Å². The summed E-state index contributed by atoms with van der Waals surface area (Å²) >= 11 is 3.45. The first-order valence-electron chi connectivity index (χ1n) is 4.97. The normalized spacial score (nSPS) is 22.5. The number of rotatable bonds is 0. The molecule has 0 atom stereocenters. The Balaban J connectivity index is 1.94. The van der Waals surface area contributed by atoms with Crippen molar-refractivity contribution in [1.29, 1.82) is 0 Å². The van der Waals surface area contributed by atoms with E-state index in [-0.39, 0.29) is 0 Å². The Bertz CT molecular complexity index is 385. The van der Waals surface area contributed by atoms with Crippen LogP contribution in [0.5, 0.6) is 5.75 Å². The van der Waals surface area contributed by atoms with E-state index in [1.807, 2.05) is 12.1 Å². The first kappa shape index (κ1) is 9.63. The average Bonchev–Trinajstić information content (AvgIpc) is 2.66. The second-order valence-corrected chi connectivity index (χ2v) is 4.74. The fourth-order valence-corrected chi connectivity index (χ4v) is 2.45. The number of fused-ring (bicyclic) bond motifs is 1. The lowest BCUT2D eigenvalue weighted by atomic mass is 10.0. The van der Waals surface area contributed by atoms with Crippen LogP contribution < -0.4 is 4.74 Å². The molecule has 0 aromatic heterocycles. The number of benzene rings is 1. The SMILES string of the molecule is Brc1ccc2c(c1)CC1(CO2)OCCO1. The van der Waals surface area contributed by atoms with E-state index in [1.54, 1.807) is 0 Å². The van der Waals surface area contributed by atoms with Gasteiger partial charge in [0.2, 0.25) is 5.79 Å². The van der Waals surface area contributed by atoms with Crippen molar-refractivity contribution in [3.63, 3.8) is 0 Å². The molecule has 0 saturated carbocycles. The van der Waals surface area contributed by atoms with Gasteiger partial charge in [-0.3, -0.25) is 0 Å². The fourth-order valence-electron chi connectivity index (χ4n) is 2.04. The van der Waals surface area contributed by atoms with Gasteiger partial charge in [0, 0.05) is 16.5 Å². The standard InChI is InChI=1S/C11H11BrO3/c12-9-1-2-10-8(5-9)6-11(7-13-10)14-3-4-15-11/h1-2,5H,3-4,6-7H2. The third-order valence-corrected chi connectivity index (χ3v) is 3.24. The van der Waals surface area contributed by atoms with Crippen LogP contribution >= 0.6 is 15.9 Å². The molecule has 4 heteroatoms. The van der Waals surface area contributed by atoms with Crippen molar-refractivity contribution in [3.8, 4) is 5.75 Å². The van der Waals surface area contributed by atoms with E-state index in [2.05, 4.69) is 22.0 Å². The molecular formula is C11H11BrO3. The lowest BCUT2D eigenvalue weighted by Crippen LogP contribution is -2.42. The summed E-state index contributed by atoms with van der Waals surface area (Å²) in [6.07, 6.45) is 0.766. The van der Waals surface area contributed by atoms with Crippen LogP contribution in [0.1, 0.15) is 5.56 Å². The van der Waals surface area contributed by atoms with E-state index in [9.17, 15) is 0 Å². The summed E-state index contributed by atoms with van der Waals surface area (Å²) < 4.78 is 17.9. The van der Waals surface area contributed by atoms with Gasteiger partial charge in [0.25, 0.3) is 0 Å². The van der Waals surface area contributed by atoms with Gasteiger partial charge in [0.1, 0.15) is 12.4 Å². The molecule has 2 aliphatic rings. The summed E-state index contributed by atoms with van der Waals surface area (Å²) in [5.41, 5.74) is 1.14. The Kier molecular flexibility index (Phi) is 2.23. The Morgan fingerprint density at radius 1 is 1.20 bits per heavy atom. The number of hydrogen-bond donors (Lipinski definition) is 0. The van der Waals surface area contributed by atoms with E-state index in [1.165, 1.54) is 0 Å². The predicted molar refractivity (Wildman–Crippen MR) is 58.0 cm³/mol. The Morgan fingerprint density at radius 2 is 2.00 bits per heavy atom. The van der Waals surface area contributed by atoms with Crippen molar-refractivity contribution in [1.82, 2.24) is 0 Å². The highest BCUT2D eigenvalue weighted by Gasteiger charge is 2.41. The van der Waals surface area contributed by atoms with Gasteiger partial charge in [0.15, 0.2) is 0 Å². The fraction of sp³-hybridized carbons (Fsp3) is 0.455. The first-order valence-corrected chi connectivity index (χ1v) is 5.76. The summed E-state index contributed by atoms with van der Waals surface area (Å²) in [5, 5.41) is 0. The monoisotopic (exact) mass is 270 g/mol. The van der Waals surface area contributed by atoms with Crippen molar-refractivity contribution in [2.45, 2.75) is 12.2 Å². The van der Waals surface area contributed by atoms with Gasteiger partial charge in [-0.1, -0.05) is 15.9 Å². The molecule has 1 saturated heterocycles. The van der Waals surface area contributed by atoms with Gasteiger partial charge in [-0.05, 0) is 18.2 Å². The van der Waals surface area contributed by atoms with E-state index in [4.69, 9.17) is 14.2 Å². The molecule has 1 aromatic carbocycles. The molecule has 15 heavy (non-hydrogen) atoms. The largest absolute Gasteiger partial charge is 0.488 e. The zero-order valence-electron chi connectivity index (χ0n) is 8.16. The van der Waals surface area contributed by atoms with Crippen LogP contribution in [-0.2, 0) is 15.9 Å². The molecule has 3 nitrogen and oxygen atoms in total. The topological polar surface area (TPSA) is 27.7 Å². The molecule has 3 rings (SSSR count). The molecule has 0 N–H and O–H groups in total. The summed E-state index contributed by atoms with van der Waals surface area (Å²) in [6.45, 7) is 1.81. The van der Waals surface area contributed by atoms with Gasteiger partial charge in [-0.2, -0.15) is 0 Å². The van der Waals surface area contributed by atoms with E-state index >= 15 is 0 Å². The van der Waals surface area contributed by atoms with Crippen molar-refractivity contribution in [2.24, 2.45) is 0 Å². The molecule has 0 amide bonds. The van der Waals surface area contributed by atoms with E-state index in [0.29, 0.717) is 19.8 Å². The average molecular weight is 271 g/mol. The lowest BCUT2D eigenvalue weighted by molar-refractivity contribution is -0.182. The molecule has 1 aromatic rings. The minimum absolute atomic E-state index is 0.488. The number of halogens is 1. The Morgan fingerprint density at radius 3 is 2.80 bits per heavy atom. The quantitative estimate of drug-likeness (QED) is 0.723. The number of ether oxygens (including phenoxy) is 3. The van der Waals surface area contributed by atoms with Crippen molar-refractivity contribution >= 4 is 15.9 Å². The van der Waals surface area contributed by atoms with Crippen LogP contribution in [-0.4, -0.2) is 25.6 Å². The minimum Gasteiger partial charge on any atom is -0.488 e. The van der Waals surface area contributed by atoms with E-state index < -0.39 is 5.79 Å². The molecule has 1 spiro atoms. The maximum Gasteiger partial charge on any atom is 0.207 e. The van der Waals surface area contributed by atoms with Gasteiger partial charge in [0.05, 0.1) is 13.2 Å². The predicted octanol–water partition coefficient (Wildman–Crippen LogP) is 2.13. The van der Waals surface area contributed by atoms with E-state index in [0.717, 1.165) is 22.2 Å². The highest BCUT2D eigenvalue weighted by Crippen LogP contribution is 2.35. The van der Waals surface area contributed by atoms with Crippen LogP contribution in [0, 0.1) is 0 Å². The van der Waals surface area contributed by atoms with Crippen molar-refractivity contribution < 1.29 is 14.2 Å². The third kappa shape index (κ3) is 1.67. The second-order valence-electron chi connectivity index (χ2n) is 3.83. The third-order valence-electron chi connectivity index (χ3n) is 2.74. The van der Waals surface area contributed by atoms with Gasteiger partial charge < -0.3 is 14.2 Å². The molecule has 0 radical (unpaired) electrons. The first-order chi connectivity index (χ1) is 7.27. The zero-order valence-corrected chi connectivity index (χ0v) is 9.75. The molecule has 80 valence electrons. The highest BCUT2D eigenvalue weighted by atomic mass is 79.9. The van der Waals surface area contributed by atoms with Gasteiger partial charge >= 0.3 is 0 Å². The molecule has 0 bridgehead atoms. The Hall–Kier alpha value is -0.580. The Labute approximate surface area is 96.5 Å². The maximum absolute atomic E-state index is 5.65. The smallest absolute Gasteiger partial charge is 0.207 e. The molecular weight excluding hydrogens is 260 g/mol. The molecule has 2 heterocycles. The van der Waals surface area contributed by atoms with Crippen LogP contribution in [0.3, 0.4) is 0 Å². The number of hydrogen-bond acceptors (Lipinski definition) is 3. The lowest BCUT2D eigenvalue weighted by Gasteiger charge is -2.32. The molecule has 0 unspecified atom stereocenters. The van der Waals surface area contributed by atoms with Crippen molar-refractivity contribution in [2.75, 3.05) is 19.8 Å². The molecule has 2 aliphatic heterocycles. The highest BCUT2D eigenvalue weighted by molar-refractivity contribution is 9.10. The van der Waals surface area contributed by atoms with Crippen LogP contribution in [0.2, 0.25) is 0 Å². The molecule has 0 aliphatic carbocycles. The van der Waals surface area contributed by atoms with Gasteiger partial charge in [-0.15, -0.1) is 0 Å². The summed E-state index contributed by atoms with van der Waals surface area (Å²) in [5.74, 6) is 0.399. The second kappa shape index (κ2) is 3.47. The van der Waals surface area contributed by atoms with Crippen LogP contribution in [0.4, 0.5) is 0 Å². The van der Waals surface area contributed by atoms with Crippen LogP contribution in [0.25, 0.3) is 0 Å².